The van der Waals surface area contributed by atoms with Gasteiger partial charge in [0, 0.05) is 17.5 Å². The molecule has 0 fully saturated rings. The minimum absolute atomic E-state index is 0.827. The lowest BCUT2D eigenvalue weighted by molar-refractivity contribution is 0.419. The lowest BCUT2D eigenvalue weighted by atomic mass is 10.1. The second-order valence-corrected chi connectivity index (χ2v) is 4.12. The van der Waals surface area contributed by atoms with Crippen molar-refractivity contribution in [3.8, 4) is 5.75 Å². The topological polar surface area (TPSA) is 37.0 Å². The van der Waals surface area contributed by atoms with Gasteiger partial charge in [0.1, 0.15) is 5.75 Å². The first-order valence-corrected chi connectivity index (χ1v) is 5.55. The second-order valence-electron chi connectivity index (χ2n) is 3.33. The molecule has 2 N–H and O–H groups in total. The van der Waals surface area contributed by atoms with Crippen LogP contribution in [0.1, 0.15) is 5.56 Å². The third-order valence-electron chi connectivity index (χ3n) is 2.42. The number of hydrogen-bond donors (Lipinski definition) is 2. The minimum Gasteiger partial charge on any atom is -0.495 e. The number of ether oxygens (including phenoxy) is 1. The zero-order chi connectivity index (χ0) is 10.8. The molecule has 0 bridgehead atoms. The Morgan fingerprint density at radius 2 is 2.27 bits per heavy atom. The van der Waals surface area contributed by atoms with E-state index >= 15 is 0 Å². The highest BCUT2D eigenvalue weighted by atomic mass is 79.9. The molecule has 1 aromatic heterocycles. The van der Waals surface area contributed by atoms with Crippen LogP contribution in [0.3, 0.4) is 0 Å². The van der Waals surface area contributed by atoms with E-state index < -0.39 is 0 Å². The number of methoxy groups -OCH3 is 1. The molecule has 3 nitrogen and oxygen atoms in total. The molecule has 0 atom stereocenters. The summed E-state index contributed by atoms with van der Waals surface area (Å²) in [5.41, 5.74) is 2.27. The summed E-state index contributed by atoms with van der Waals surface area (Å²) in [5, 5.41) is 4.34. The predicted molar refractivity (Wildman–Crippen MR) is 65.3 cm³/mol. The van der Waals surface area contributed by atoms with E-state index in [1.54, 1.807) is 7.11 Å². The Bertz CT molecular complexity index is 479. The van der Waals surface area contributed by atoms with Crippen molar-refractivity contribution in [2.75, 3.05) is 14.2 Å². The van der Waals surface area contributed by atoms with E-state index in [9.17, 15) is 0 Å². The molecule has 15 heavy (non-hydrogen) atoms. The van der Waals surface area contributed by atoms with Crippen LogP contribution in [0.5, 0.6) is 5.75 Å². The van der Waals surface area contributed by atoms with Gasteiger partial charge in [-0.25, -0.2) is 0 Å². The number of nitrogens with one attached hydrogen (secondary N) is 2. The molecule has 0 radical (unpaired) electrons. The van der Waals surface area contributed by atoms with Crippen molar-refractivity contribution in [2.45, 2.75) is 6.54 Å². The summed E-state index contributed by atoms with van der Waals surface area (Å²) in [6.07, 6.45) is 0. The summed E-state index contributed by atoms with van der Waals surface area (Å²) in [4.78, 5) is 3.28. The summed E-state index contributed by atoms with van der Waals surface area (Å²) < 4.78 is 6.31. The van der Waals surface area contributed by atoms with Gasteiger partial charge < -0.3 is 15.0 Å². The molecule has 80 valence electrons. The van der Waals surface area contributed by atoms with E-state index in [1.807, 2.05) is 19.2 Å². The van der Waals surface area contributed by atoms with Gasteiger partial charge in [0.2, 0.25) is 0 Å². The van der Waals surface area contributed by atoms with Gasteiger partial charge in [-0.1, -0.05) is 12.1 Å². The minimum atomic E-state index is 0.827. The van der Waals surface area contributed by atoms with Gasteiger partial charge in [-0.05, 0) is 29.0 Å². The van der Waals surface area contributed by atoms with Crippen LogP contribution in [-0.2, 0) is 6.54 Å². The number of fused-ring (bicyclic) bond motifs is 1. The quantitative estimate of drug-likeness (QED) is 0.898. The van der Waals surface area contributed by atoms with Crippen molar-refractivity contribution in [3.05, 3.63) is 28.4 Å². The zero-order valence-electron chi connectivity index (χ0n) is 8.73. The van der Waals surface area contributed by atoms with Crippen molar-refractivity contribution in [3.63, 3.8) is 0 Å². The van der Waals surface area contributed by atoms with Crippen molar-refractivity contribution < 1.29 is 4.74 Å². The molecule has 1 aromatic carbocycles. The van der Waals surface area contributed by atoms with Crippen LogP contribution in [-0.4, -0.2) is 19.1 Å². The molecule has 4 heteroatoms. The van der Waals surface area contributed by atoms with Gasteiger partial charge in [-0.2, -0.15) is 0 Å². The fraction of sp³-hybridized carbons (Fsp3) is 0.273. The smallest absolute Gasteiger partial charge is 0.142 e. The van der Waals surface area contributed by atoms with Gasteiger partial charge in [0.05, 0.1) is 17.2 Å². The normalized spacial score (nSPS) is 10.9. The highest BCUT2D eigenvalue weighted by Crippen LogP contribution is 2.31. The van der Waals surface area contributed by atoms with Crippen LogP contribution in [0.4, 0.5) is 0 Å². The van der Waals surface area contributed by atoms with E-state index in [0.717, 1.165) is 22.4 Å². The van der Waals surface area contributed by atoms with Crippen LogP contribution < -0.4 is 10.1 Å². The number of aromatic amines is 1. The van der Waals surface area contributed by atoms with E-state index in [2.05, 4.69) is 32.3 Å². The maximum Gasteiger partial charge on any atom is 0.142 e. The molecule has 0 aliphatic heterocycles. The molecular formula is C11H13BrN2O. The molecule has 0 unspecified atom stereocenters. The summed E-state index contributed by atoms with van der Waals surface area (Å²) in [6.45, 7) is 0.827. The Labute approximate surface area is 96.9 Å². The second kappa shape index (κ2) is 4.24. The molecule has 2 aromatic rings. The number of aromatic nitrogens is 1. The largest absolute Gasteiger partial charge is 0.495 e. The van der Waals surface area contributed by atoms with Crippen molar-refractivity contribution in [2.24, 2.45) is 0 Å². The molecule has 0 saturated heterocycles. The van der Waals surface area contributed by atoms with Crippen LogP contribution >= 0.6 is 15.9 Å². The molecule has 2 rings (SSSR count). The number of benzene rings is 1. The highest BCUT2D eigenvalue weighted by Gasteiger charge is 2.11. The lowest BCUT2D eigenvalue weighted by Crippen LogP contribution is -2.04. The van der Waals surface area contributed by atoms with Gasteiger partial charge in [-0.15, -0.1) is 0 Å². The number of halogens is 1. The first kappa shape index (κ1) is 10.5. The molecule has 0 aliphatic rings. The van der Waals surface area contributed by atoms with E-state index in [0.29, 0.717) is 0 Å². The first-order chi connectivity index (χ1) is 7.27. The predicted octanol–water partition coefficient (Wildman–Crippen LogP) is 2.66. The maximum absolute atomic E-state index is 5.30. The Balaban J connectivity index is 2.67. The number of para-hydroxylation sites is 1. The Morgan fingerprint density at radius 1 is 1.47 bits per heavy atom. The summed E-state index contributed by atoms with van der Waals surface area (Å²) in [6, 6.07) is 6.04. The summed E-state index contributed by atoms with van der Waals surface area (Å²) in [7, 11) is 3.62. The fourth-order valence-corrected chi connectivity index (χ4v) is 2.29. The molecule has 1 heterocycles. The number of H-pyrrole nitrogens is 1. The average Bonchev–Trinajstić information content (AvgIpc) is 2.56. The van der Waals surface area contributed by atoms with Crippen LogP contribution in [0, 0.1) is 0 Å². The number of hydrogen-bond acceptors (Lipinski definition) is 2. The molecule has 0 saturated carbocycles. The zero-order valence-corrected chi connectivity index (χ0v) is 10.3. The van der Waals surface area contributed by atoms with Crippen LogP contribution in [0.2, 0.25) is 0 Å². The Morgan fingerprint density at radius 3 is 2.93 bits per heavy atom. The monoisotopic (exact) mass is 268 g/mol. The fourth-order valence-electron chi connectivity index (χ4n) is 1.73. The third kappa shape index (κ3) is 1.75. The van der Waals surface area contributed by atoms with E-state index in [1.165, 1.54) is 10.9 Å². The standard InChI is InChI=1S/C11H13BrN2O/c1-13-6-8-7-4-3-5-9(15-2)10(7)14-11(8)12/h3-5,13-14H,6H2,1-2H3. The van der Waals surface area contributed by atoms with Gasteiger partial charge >= 0.3 is 0 Å². The average molecular weight is 269 g/mol. The Hall–Kier alpha value is -1.00. The van der Waals surface area contributed by atoms with Crippen LogP contribution in [0.25, 0.3) is 10.9 Å². The van der Waals surface area contributed by atoms with Crippen molar-refractivity contribution >= 4 is 26.8 Å². The first-order valence-electron chi connectivity index (χ1n) is 4.75. The molecular weight excluding hydrogens is 256 g/mol. The van der Waals surface area contributed by atoms with E-state index in [4.69, 9.17) is 4.74 Å². The number of rotatable bonds is 3. The van der Waals surface area contributed by atoms with Gasteiger partial charge in [0.25, 0.3) is 0 Å². The molecule has 0 aliphatic carbocycles. The maximum atomic E-state index is 5.30. The van der Waals surface area contributed by atoms with Gasteiger partial charge in [-0.3, -0.25) is 0 Å². The molecule has 0 spiro atoms. The van der Waals surface area contributed by atoms with E-state index in [-0.39, 0.29) is 0 Å². The Kier molecular flexibility index (Phi) is 2.98. The van der Waals surface area contributed by atoms with Crippen molar-refractivity contribution in [1.29, 1.82) is 0 Å². The van der Waals surface area contributed by atoms with Crippen molar-refractivity contribution in [1.82, 2.24) is 10.3 Å². The third-order valence-corrected chi connectivity index (χ3v) is 3.10. The summed E-state index contributed by atoms with van der Waals surface area (Å²) >= 11 is 3.52. The van der Waals surface area contributed by atoms with Gasteiger partial charge in [0.15, 0.2) is 0 Å². The molecule has 0 amide bonds. The summed E-state index contributed by atoms with van der Waals surface area (Å²) in [5.74, 6) is 0.871. The lowest BCUT2D eigenvalue weighted by Gasteiger charge is -2.01. The SMILES string of the molecule is CNCc1c(Br)[nH]c2c(OC)cccc12. The highest BCUT2D eigenvalue weighted by molar-refractivity contribution is 9.10. The van der Waals surface area contributed by atoms with Crippen LogP contribution in [0.15, 0.2) is 22.8 Å².